The van der Waals surface area contributed by atoms with Crippen molar-refractivity contribution < 1.29 is 4.74 Å². The van der Waals surface area contributed by atoms with Gasteiger partial charge in [0.2, 0.25) is 0 Å². The van der Waals surface area contributed by atoms with Gasteiger partial charge in [-0.1, -0.05) is 18.2 Å². The van der Waals surface area contributed by atoms with E-state index in [9.17, 15) is 0 Å². The highest BCUT2D eigenvalue weighted by Gasteiger charge is 2.06. The standard InChI is InChI=1S/C19H24N6O.HI/c1-14(2)26-16-9-7-15(8-10-16)12-21-19(20-3)22-13-18-24-23-17-6-4-5-11-25(17)18;/h4-11,14H,12-13H2,1-3H3,(H2,20,21,22);1H. The smallest absolute Gasteiger partial charge is 0.191 e. The summed E-state index contributed by atoms with van der Waals surface area (Å²) >= 11 is 0. The first-order valence-corrected chi connectivity index (χ1v) is 8.64. The molecular formula is C19H25IN6O. The van der Waals surface area contributed by atoms with Crippen LogP contribution < -0.4 is 15.4 Å². The lowest BCUT2D eigenvalue weighted by Crippen LogP contribution is -2.36. The number of nitrogens with zero attached hydrogens (tertiary/aromatic N) is 4. The molecule has 0 fully saturated rings. The van der Waals surface area contributed by atoms with Gasteiger partial charge in [0.05, 0.1) is 12.6 Å². The molecule has 0 saturated carbocycles. The third-order valence-corrected chi connectivity index (χ3v) is 3.78. The second kappa shape index (κ2) is 10.1. The number of guanidine groups is 1. The maximum absolute atomic E-state index is 5.66. The van der Waals surface area contributed by atoms with Gasteiger partial charge in [-0.15, -0.1) is 34.2 Å². The van der Waals surface area contributed by atoms with Crippen molar-refractivity contribution in [2.75, 3.05) is 7.05 Å². The Bertz CT molecular complexity index is 875. The predicted molar refractivity (Wildman–Crippen MR) is 118 cm³/mol. The summed E-state index contributed by atoms with van der Waals surface area (Å²) in [4.78, 5) is 4.25. The zero-order valence-corrected chi connectivity index (χ0v) is 18.0. The molecule has 0 spiro atoms. The van der Waals surface area contributed by atoms with Crippen LogP contribution in [-0.2, 0) is 13.1 Å². The number of nitrogens with one attached hydrogen (secondary N) is 2. The summed E-state index contributed by atoms with van der Waals surface area (Å²) in [5, 5.41) is 14.9. The van der Waals surface area contributed by atoms with Crippen LogP contribution in [0.15, 0.2) is 53.7 Å². The number of hydrogen-bond acceptors (Lipinski definition) is 4. The second-order valence-corrected chi connectivity index (χ2v) is 6.13. The van der Waals surface area contributed by atoms with E-state index in [1.165, 1.54) is 0 Å². The summed E-state index contributed by atoms with van der Waals surface area (Å²) in [5.74, 6) is 2.42. The number of pyridine rings is 1. The molecule has 2 heterocycles. The van der Waals surface area contributed by atoms with Crippen LogP contribution in [0.25, 0.3) is 5.65 Å². The molecule has 0 aliphatic heterocycles. The molecule has 1 aromatic carbocycles. The van der Waals surface area contributed by atoms with Crippen molar-refractivity contribution in [3.8, 4) is 5.75 Å². The van der Waals surface area contributed by atoms with Gasteiger partial charge in [0, 0.05) is 19.8 Å². The van der Waals surface area contributed by atoms with E-state index < -0.39 is 0 Å². The van der Waals surface area contributed by atoms with E-state index in [4.69, 9.17) is 4.74 Å². The number of ether oxygens (including phenoxy) is 1. The highest BCUT2D eigenvalue weighted by Crippen LogP contribution is 2.13. The fraction of sp³-hybridized carbons (Fsp3) is 0.316. The van der Waals surface area contributed by atoms with E-state index in [1.807, 2.05) is 66.9 Å². The number of aromatic nitrogens is 3. The molecule has 0 aliphatic carbocycles. The van der Waals surface area contributed by atoms with Crippen LogP contribution in [0.1, 0.15) is 25.2 Å². The Kier molecular flexibility index (Phi) is 7.83. The minimum Gasteiger partial charge on any atom is -0.491 e. The van der Waals surface area contributed by atoms with Crippen LogP contribution in [0.2, 0.25) is 0 Å². The number of hydrogen-bond donors (Lipinski definition) is 2. The van der Waals surface area contributed by atoms with Gasteiger partial charge in [0.25, 0.3) is 0 Å². The molecule has 3 rings (SSSR count). The lowest BCUT2D eigenvalue weighted by molar-refractivity contribution is 0.242. The van der Waals surface area contributed by atoms with Crippen molar-refractivity contribution in [3.63, 3.8) is 0 Å². The first-order valence-electron chi connectivity index (χ1n) is 8.64. The average Bonchev–Trinajstić information content (AvgIpc) is 3.06. The number of fused-ring (bicyclic) bond motifs is 1. The minimum atomic E-state index is 0. The van der Waals surface area contributed by atoms with Gasteiger partial charge in [-0.2, -0.15) is 0 Å². The first-order chi connectivity index (χ1) is 12.7. The maximum Gasteiger partial charge on any atom is 0.191 e. The highest BCUT2D eigenvalue weighted by atomic mass is 127. The van der Waals surface area contributed by atoms with E-state index in [2.05, 4.69) is 25.8 Å². The zero-order chi connectivity index (χ0) is 18.4. The molecule has 144 valence electrons. The van der Waals surface area contributed by atoms with Crippen molar-refractivity contribution in [2.24, 2.45) is 4.99 Å². The van der Waals surface area contributed by atoms with E-state index in [0.29, 0.717) is 19.0 Å². The number of rotatable bonds is 6. The van der Waals surface area contributed by atoms with Gasteiger partial charge in [0.15, 0.2) is 17.4 Å². The topological polar surface area (TPSA) is 75.8 Å². The largest absolute Gasteiger partial charge is 0.491 e. The summed E-state index contributed by atoms with van der Waals surface area (Å²) in [5.41, 5.74) is 1.98. The second-order valence-electron chi connectivity index (χ2n) is 6.13. The first kappa shape index (κ1) is 20.9. The van der Waals surface area contributed by atoms with Crippen molar-refractivity contribution in [2.45, 2.75) is 33.0 Å². The Balaban J connectivity index is 0.00000261. The molecule has 2 aromatic heterocycles. The molecule has 3 aromatic rings. The zero-order valence-electron chi connectivity index (χ0n) is 15.7. The molecule has 0 radical (unpaired) electrons. The molecule has 0 saturated heterocycles. The van der Waals surface area contributed by atoms with Gasteiger partial charge < -0.3 is 15.4 Å². The van der Waals surface area contributed by atoms with Crippen LogP contribution >= 0.6 is 24.0 Å². The molecule has 2 N–H and O–H groups in total. The lowest BCUT2D eigenvalue weighted by atomic mass is 10.2. The Morgan fingerprint density at radius 1 is 1.07 bits per heavy atom. The third kappa shape index (κ3) is 5.81. The van der Waals surface area contributed by atoms with Crippen LogP contribution in [0, 0.1) is 0 Å². The van der Waals surface area contributed by atoms with Crippen LogP contribution in [0.5, 0.6) is 5.75 Å². The summed E-state index contributed by atoms with van der Waals surface area (Å²) in [6.07, 6.45) is 2.12. The molecule has 27 heavy (non-hydrogen) atoms. The van der Waals surface area contributed by atoms with E-state index in [1.54, 1.807) is 7.05 Å². The highest BCUT2D eigenvalue weighted by molar-refractivity contribution is 14.0. The fourth-order valence-electron chi connectivity index (χ4n) is 2.54. The quantitative estimate of drug-likeness (QED) is 0.323. The number of benzene rings is 1. The van der Waals surface area contributed by atoms with Crippen molar-refractivity contribution >= 4 is 35.6 Å². The summed E-state index contributed by atoms with van der Waals surface area (Å²) in [7, 11) is 1.75. The minimum absolute atomic E-state index is 0. The summed E-state index contributed by atoms with van der Waals surface area (Å²) in [6.45, 7) is 5.24. The Morgan fingerprint density at radius 2 is 1.81 bits per heavy atom. The SMILES string of the molecule is CN=C(NCc1ccc(OC(C)C)cc1)NCc1nnc2ccccn12.I. The van der Waals surface area contributed by atoms with Gasteiger partial charge in [-0.3, -0.25) is 9.39 Å². The molecule has 0 aliphatic rings. The molecule has 0 amide bonds. The Hall–Kier alpha value is -2.36. The Labute approximate surface area is 176 Å². The average molecular weight is 480 g/mol. The van der Waals surface area contributed by atoms with Crippen molar-refractivity contribution in [1.82, 2.24) is 25.2 Å². The van der Waals surface area contributed by atoms with Gasteiger partial charge in [-0.25, -0.2) is 0 Å². The normalized spacial score (nSPS) is 11.3. The van der Waals surface area contributed by atoms with Gasteiger partial charge in [0.1, 0.15) is 5.75 Å². The molecule has 0 atom stereocenters. The fourth-order valence-corrected chi connectivity index (χ4v) is 2.54. The Morgan fingerprint density at radius 3 is 2.52 bits per heavy atom. The summed E-state index contributed by atoms with van der Waals surface area (Å²) in [6, 6.07) is 13.9. The van der Waals surface area contributed by atoms with Crippen LogP contribution in [0.3, 0.4) is 0 Å². The van der Waals surface area contributed by atoms with Crippen LogP contribution in [0.4, 0.5) is 0 Å². The van der Waals surface area contributed by atoms with E-state index in [-0.39, 0.29) is 30.1 Å². The molecule has 0 unspecified atom stereocenters. The van der Waals surface area contributed by atoms with Crippen LogP contribution in [-0.4, -0.2) is 33.7 Å². The lowest BCUT2D eigenvalue weighted by Gasteiger charge is -2.12. The maximum atomic E-state index is 5.66. The van der Waals surface area contributed by atoms with E-state index >= 15 is 0 Å². The molecule has 7 nitrogen and oxygen atoms in total. The van der Waals surface area contributed by atoms with Crippen molar-refractivity contribution in [1.29, 1.82) is 0 Å². The molecular weight excluding hydrogens is 455 g/mol. The summed E-state index contributed by atoms with van der Waals surface area (Å²) < 4.78 is 7.61. The molecule has 0 bridgehead atoms. The van der Waals surface area contributed by atoms with Crippen molar-refractivity contribution in [3.05, 3.63) is 60.0 Å². The van der Waals surface area contributed by atoms with E-state index in [0.717, 1.165) is 22.8 Å². The third-order valence-electron chi connectivity index (χ3n) is 3.78. The monoisotopic (exact) mass is 480 g/mol. The number of aliphatic imine (C=N–C) groups is 1. The van der Waals surface area contributed by atoms with Gasteiger partial charge >= 0.3 is 0 Å². The van der Waals surface area contributed by atoms with Gasteiger partial charge in [-0.05, 0) is 43.7 Å². The molecule has 8 heteroatoms. The predicted octanol–water partition coefficient (Wildman–Crippen LogP) is 3.00. The number of halogens is 1.